The molecule has 0 N–H and O–H groups in total. The maximum absolute atomic E-state index is 6.03. The summed E-state index contributed by atoms with van der Waals surface area (Å²) in [6.07, 6.45) is 10.1. The van der Waals surface area contributed by atoms with Gasteiger partial charge in [-0.15, -0.1) is 0 Å². The Kier molecular flexibility index (Phi) is 3.79. The molecule has 3 atom stereocenters. The minimum atomic E-state index is 0.410. The average molecular weight is 303 g/mol. The Morgan fingerprint density at radius 3 is 2.65 bits per heavy atom. The number of hydrogen-bond donors (Lipinski definition) is 0. The normalized spacial score (nSPS) is 42.2. The minimum absolute atomic E-state index is 0.410. The number of halogens is 1. The minimum Gasteiger partial charge on any atom is -0.378 e. The van der Waals surface area contributed by atoms with Crippen molar-refractivity contribution >= 4 is 15.9 Å². The van der Waals surface area contributed by atoms with Gasteiger partial charge in [-0.1, -0.05) is 15.9 Å². The van der Waals surface area contributed by atoms with Crippen molar-refractivity contribution in [1.82, 2.24) is 0 Å². The lowest BCUT2D eigenvalue weighted by molar-refractivity contribution is 0.0263. The van der Waals surface area contributed by atoms with E-state index in [1.807, 2.05) is 0 Å². The fourth-order valence-corrected chi connectivity index (χ4v) is 4.42. The molecule has 0 aromatic heterocycles. The van der Waals surface area contributed by atoms with Gasteiger partial charge in [0.1, 0.15) is 0 Å². The highest BCUT2D eigenvalue weighted by Crippen LogP contribution is 2.51. The zero-order chi connectivity index (χ0) is 11.7. The predicted octanol–water partition coefficient (Wildman–Crippen LogP) is 3.53. The van der Waals surface area contributed by atoms with Crippen LogP contribution in [0, 0.1) is 11.3 Å². The van der Waals surface area contributed by atoms with Crippen LogP contribution in [0.2, 0.25) is 0 Å². The van der Waals surface area contributed by atoms with Crippen molar-refractivity contribution < 1.29 is 9.47 Å². The van der Waals surface area contributed by atoms with Crippen LogP contribution < -0.4 is 0 Å². The van der Waals surface area contributed by atoms with Crippen molar-refractivity contribution in [3.8, 4) is 0 Å². The van der Waals surface area contributed by atoms with Crippen molar-refractivity contribution in [3.63, 3.8) is 0 Å². The van der Waals surface area contributed by atoms with Crippen molar-refractivity contribution in [2.45, 2.75) is 57.2 Å². The molecule has 0 aromatic rings. The van der Waals surface area contributed by atoms with E-state index in [1.165, 1.54) is 44.9 Å². The largest absolute Gasteiger partial charge is 0.378 e. The molecular weight excluding hydrogens is 280 g/mol. The van der Waals surface area contributed by atoms with Crippen LogP contribution in [-0.4, -0.2) is 30.8 Å². The monoisotopic (exact) mass is 302 g/mol. The summed E-state index contributed by atoms with van der Waals surface area (Å²) in [4.78, 5) is 0. The summed E-state index contributed by atoms with van der Waals surface area (Å²) in [7, 11) is 0. The van der Waals surface area contributed by atoms with E-state index in [-0.39, 0.29) is 0 Å². The van der Waals surface area contributed by atoms with Gasteiger partial charge in [0.25, 0.3) is 0 Å². The molecule has 2 saturated heterocycles. The molecule has 1 aliphatic carbocycles. The lowest BCUT2D eigenvalue weighted by atomic mass is 9.76. The molecular formula is C14H23BrO2. The molecule has 0 spiro atoms. The first-order chi connectivity index (χ1) is 8.34. The van der Waals surface area contributed by atoms with Gasteiger partial charge >= 0.3 is 0 Å². The summed E-state index contributed by atoms with van der Waals surface area (Å²) in [5, 5.41) is 1.11. The predicted molar refractivity (Wildman–Crippen MR) is 71.5 cm³/mol. The van der Waals surface area contributed by atoms with Crippen LogP contribution in [0.15, 0.2) is 0 Å². The van der Waals surface area contributed by atoms with E-state index in [0.717, 1.165) is 24.5 Å². The summed E-state index contributed by atoms with van der Waals surface area (Å²) in [5.41, 5.74) is 0.410. The lowest BCUT2D eigenvalue weighted by Crippen LogP contribution is -2.35. The van der Waals surface area contributed by atoms with Crippen LogP contribution in [0.5, 0.6) is 0 Å². The molecule has 3 heteroatoms. The third-order valence-electron chi connectivity index (χ3n) is 4.81. The van der Waals surface area contributed by atoms with Crippen LogP contribution in [-0.2, 0) is 9.47 Å². The Morgan fingerprint density at radius 1 is 1.12 bits per heavy atom. The number of rotatable bonds is 5. The van der Waals surface area contributed by atoms with Crippen LogP contribution in [0.1, 0.15) is 44.9 Å². The molecule has 3 aliphatic rings. The van der Waals surface area contributed by atoms with Crippen LogP contribution in [0.25, 0.3) is 0 Å². The third-order valence-corrected chi connectivity index (χ3v) is 5.92. The van der Waals surface area contributed by atoms with E-state index >= 15 is 0 Å². The topological polar surface area (TPSA) is 18.5 Å². The van der Waals surface area contributed by atoms with Gasteiger partial charge in [0.2, 0.25) is 0 Å². The van der Waals surface area contributed by atoms with Gasteiger partial charge in [-0.2, -0.15) is 0 Å². The third kappa shape index (κ3) is 2.57. The number of alkyl halides is 1. The highest BCUT2D eigenvalue weighted by molar-refractivity contribution is 9.09. The van der Waals surface area contributed by atoms with Gasteiger partial charge < -0.3 is 9.47 Å². The second-order valence-corrected chi connectivity index (χ2v) is 6.61. The van der Waals surface area contributed by atoms with E-state index in [2.05, 4.69) is 15.9 Å². The Balaban J connectivity index is 1.59. The molecule has 17 heavy (non-hydrogen) atoms. The quantitative estimate of drug-likeness (QED) is 0.723. The number of hydrogen-bond acceptors (Lipinski definition) is 2. The van der Waals surface area contributed by atoms with Gasteiger partial charge in [-0.05, 0) is 50.9 Å². The zero-order valence-electron chi connectivity index (χ0n) is 10.5. The SMILES string of the molecule is BrCC1(CCC2CCCO2)CCOC1C1CC1. The summed E-state index contributed by atoms with van der Waals surface area (Å²) < 4.78 is 11.8. The molecule has 0 radical (unpaired) electrons. The summed E-state index contributed by atoms with van der Waals surface area (Å²) in [6.45, 7) is 1.95. The van der Waals surface area contributed by atoms with Crippen molar-refractivity contribution in [2.24, 2.45) is 11.3 Å². The highest BCUT2D eigenvalue weighted by Gasteiger charge is 2.50. The molecule has 3 rings (SSSR count). The zero-order valence-corrected chi connectivity index (χ0v) is 12.1. The van der Waals surface area contributed by atoms with Gasteiger partial charge in [-0.25, -0.2) is 0 Å². The van der Waals surface area contributed by atoms with E-state index in [1.54, 1.807) is 0 Å². The van der Waals surface area contributed by atoms with Gasteiger partial charge in [0, 0.05) is 24.0 Å². The average Bonchev–Trinajstić information content (AvgIpc) is 2.92. The first-order valence-electron chi connectivity index (χ1n) is 7.13. The number of ether oxygens (including phenoxy) is 2. The van der Waals surface area contributed by atoms with Gasteiger partial charge in [0.15, 0.2) is 0 Å². The van der Waals surface area contributed by atoms with E-state index < -0.39 is 0 Å². The lowest BCUT2D eigenvalue weighted by Gasteiger charge is -2.33. The molecule has 1 saturated carbocycles. The molecule has 0 amide bonds. The second kappa shape index (κ2) is 5.18. The molecule has 3 unspecified atom stereocenters. The molecule has 2 nitrogen and oxygen atoms in total. The standard InChI is InChI=1S/C14H23BrO2/c15-10-14(6-5-12-2-1-8-16-12)7-9-17-13(14)11-3-4-11/h11-13H,1-10H2. The fraction of sp³-hybridized carbons (Fsp3) is 1.00. The Labute approximate surface area is 113 Å². The fourth-order valence-electron chi connectivity index (χ4n) is 3.54. The van der Waals surface area contributed by atoms with E-state index in [4.69, 9.17) is 9.47 Å². The van der Waals surface area contributed by atoms with Crippen molar-refractivity contribution in [1.29, 1.82) is 0 Å². The second-order valence-electron chi connectivity index (χ2n) is 6.05. The maximum Gasteiger partial charge on any atom is 0.0668 e. The molecule has 2 heterocycles. The van der Waals surface area contributed by atoms with Crippen molar-refractivity contribution in [2.75, 3.05) is 18.5 Å². The molecule has 98 valence electrons. The Bertz CT molecular complexity index is 261. The van der Waals surface area contributed by atoms with Gasteiger partial charge in [0.05, 0.1) is 12.2 Å². The molecule has 0 aromatic carbocycles. The van der Waals surface area contributed by atoms with E-state index in [9.17, 15) is 0 Å². The molecule has 2 aliphatic heterocycles. The highest BCUT2D eigenvalue weighted by atomic mass is 79.9. The Morgan fingerprint density at radius 2 is 2.00 bits per heavy atom. The summed E-state index contributed by atoms with van der Waals surface area (Å²) in [5.74, 6) is 0.861. The van der Waals surface area contributed by atoms with E-state index in [0.29, 0.717) is 17.6 Å². The first kappa shape index (κ1) is 12.4. The Hall–Kier alpha value is 0.400. The molecule has 3 fully saturated rings. The van der Waals surface area contributed by atoms with Gasteiger partial charge in [-0.3, -0.25) is 0 Å². The smallest absolute Gasteiger partial charge is 0.0668 e. The van der Waals surface area contributed by atoms with Crippen LogP contribution in [0.4, 0.5) is 0 Å². The summed E-state index contributed by atoms with van der Waals surface area (Å²) in [6, 6.07) is 0. The first-order valence-corrected chi connectivity index (χ1v) is 8.25. The summed E-state index contributed by atoms with van der Waals surface area (Å²) >= 11 is 3.76. The van der Waals surface area contributed by atoms with Crippen molar-refractivity contribution in [3.05, 3.63) is 0 Å². The van der Waals surface area contributed by atoms with Crippen LogP contribution in [0.3, 0.4) is 0 Å². The maximum atomic E-state index is 6.03. The van der Waals surface area contributed by atoms with Crippen LogP contribution >= 0.6 is 15.9 Å². The molecule has 0 bridgehead atoms.